The minimum Gasteiger partial charge on any atom is -0.355 e. The molecule has 2 rings (SSSR count). The molecule has 0 aliphatic carbocycles. The Hall–Kier alpha value is -2.14. The van der Waals surface area contributed by atoms with Crippen LogP contribution in [0.1, 0.15) is 37.8 Å². The molecule has 0 aliphatic heterocycles. The third-order valence-electron chi connectivity index (χ3n) is 4.33. The fourth-order valence-corrected chi connectivity index (χ4v) is 3.48. The number of halogens is 1. The average molecular weight is 431 g/mol. The first kappa shape index (κ1) is 21.2. The van der Waals surface area contributed by atoms with Crippen molar-refractivity contribution >= 4 is 27.7 Å². The Kier molecular flexibility index (Phi) is 8.52. The first-order chi connectivity index (χ1) is 13.0. The lowest BCUT2D eigenvalue weighted by atomic mass is 10.0. The summed E-state index contributed by atoms with van der Waals surface area (Å²) in [5.41, 5.74) is 2.04. The SMILES string of the molecule is CCCC(=O)N(Cc1cccc(Br)c1)C(Cc1ccccc1)C(=O)NCC. The van der Waals surface area contributed by atoms with Crippen molar-refractivity contribution in [3.05, 3.63) is 70.2 Å². The molecule has 0 spiro atoms. The van der Waals surface area contributed by atoms with Gasteiger partial charge in [-0.2, -0.15) is 0 Å². The Labute approximate surface area is 170 Å². The standard InChI is InChI=1S/C22H27BrN2O2/c1-3-9-21(26)25(16-18-12-8-13-19(23)14-18)20(22(27)24-4-2)15-17-10-6-5-7-11-17/h5-8,10-14,20H,3-4,9,15-16H2,1-2H3,(H,24,27). The van der Waals surface area contributed by atoms with Crippen molar-refractivity contribution in [2.75, 3.05) is 6.54 Å². The molecule has 0 saturated heterocycles. The Morgan fingerprint density at radius 1 is 1.04 bits per heavy atom. The topological polar surface area (TPSA) is 49.4 Å². The van der Waals surface area contributed by atoms with Crippen molar-refractivity contribution in [3.8, 4) is 0 Å². The third kappa shape index (κ3) is 6.51. The van der Waals surface area contributed by atoms with Crippen LogP contribution in [0.25, 0.3) is 0 Å². The zero-order valence-corrected chi connectivity index (χ0v) is 17.5. The second-order valence-electron chi connectivity index (χ2n) is 6.50. The maximum atomic E-state index is 12.9. The Bertz CT molecular complexity index is 749. The first-order valence-electron chi connectivity index (χ1n) is 9.40. The molecule has 2 aromatic carbocycles. The number of amides is 2. The van der Waals surface area contributed by atoms with Gasteiger partial charge < -0.3 is 10.2 Å². The van der Waals surface area contributed by atoms with E-state index in [1.165, 1.54) is 0 Å². The van der Waals surface area contributed by atoms with Gasteiger partial charge >= 0.3 is 0 Å². The fourth-order valence-electron chi connectivity index (χ4n) is 3.04. The van der Waals surface area contributed by atoms with Gasteiger partial charge in [-0.25, -0.2) is 0 Å². The zero-order valence-electron chi connectivity index (χ0n) is 16.0. The van der Waals surface area contributed by atoms with E-state index < -0.39 is 6.04 Å². The van der Waals surface area contributed by atoms with E-state index in [1.54, 1.807) is 4.90 Å². The lowest BCUT2D eigenvalue weighted by Crippen LogP contribution is -2.50. The van der Waals surface area contributed by atoms with Crippen LogP contribution in [0.15, 0.2) is 59.1 Å². The molecule has 2 amide bonds. The van der Waals surface area contributed by atoms with Gasteiger partial charge in [-0.05, 0) is 36.6 Å². The van der Waals surface area contributed by atoms with Gasteiger partial charge in [0.05, 0.1) is 0 Å². The number of hydrogen-bond acceptors (Lipinski definition) is 2. The van der Waals surface area contributed by atoms with Crippen molar-refractivity contribution in [2.45, 2.75) is 45.7 Å². The minimum atomic E-state index is -0.537. The van der Waals surface area contributed by atoms with Gasteiger partial charge in [-0.3, -0.25) is 9.59 Å². The average Bonchev–Trinajstić information content (AvgIpc) is 2.66. The molecule has 0 saturated carbocycles. The molecule has 27 heavy (non-hydrogen) atoms. The van der Waals surface area contributed by atoms with Crippen molar-refractivity contribution in [3.63, 3.8) is 0 Å². The van der Waals surface area contributed by atoms with E-state index in [0.717, 1.165) is 22.0 Å². The molecule has 0 aliphatic rings. The highest BCUT2D eigenvalue weighted by Gasteiger charge is 2.29. The number of likely N-dealkylation sites (N-methyl/N-ethyl adjacent to an activating group) is 1. The van der Waals surface area contributed by atoms with Gasteiger partial charge in [-0.1, -0.05) is 65.3 Å². The van der Waals surface area contributed by atoms with Crippen LogP contribution in [0.5, 0.6) is 0 Å². The molecule has 1 atom stereocenters. The second-order valence-corrected chi connectivity index (χ2v) is 7.42. The van der Waals surface area contributed by atoms with Gasteiger partial charge in [0.25, 0.3) is 0 Å². The van der Waals surface area contributed by atoms with Crippen LogP contribution in [0.4, 0.5) is 0 Å². The summed E-state index contributed by atoms with van der Waals surface area (Å²) in [4.78, 5) is 27.5. The quantitative estimate of drug-likeness (QED) is 0.643. The van der Waals surface area contributed by atoms with E-state index in [2.05, 4.69) is 21.2 Å². The fraction of sp³-hybridized carbons (Fsp3) is 0.364. The van der Waals surface area contributed by atoms with E-state index >= 15 is 0 Å². The summed E-state index contributed by atoms with van der Waals surface area (Å²) >= 11 is 3.48. The molecule has 5 heteroatoms. The highest BCUT2D eigenvalue weighted by molar-refractivity contribution is 9.10. The van der Waals surface area contributed by atoms with Crippen molar-refractivity contribution in [1.82, 2.24) is 10.2 Å². The normalized spacial score (nSPS) is 11.7. The van der Waals surface area contributed by atoms with Gasteiger partial charge in [0.1, 0.15) is 6.04 Å². The number of hydrogen-bond donors (Lipinski definition) is 1. The summed E-state index contributed by atoms with van der Waals surface area (Å²) in [6, 6.07) is 17.2. The van der Waals surface area contributed by atoms with Gasteiger partial charge in [0.15, 0.2) is 0 Å². The van der Waals surface area contributed by atoms with Gasteiger partial charge in [-0.15, -0.1) is 0 Å². The van der Waals surface area contributed by atoms with Crippen LogP contribution >= 0.6 is 15.9 Å². The van der Waals surface area contributed by atoms with Crippen molar-refractivity contribution < 1.29 is 9.59 Å². The van der Waals surface area contributed by atoms with Crippen molar-refractivity contribution in [1.29, 1.82) is 0 Å². The van der Waals surface area contributed by atoms with E-state index in [9.17, 15) is 9.59 Å². The third-order valence-corrected chi connectivity index (χ3v) is 4.82. The molecule has 0 radical (unpaired) electrons. The van der Waals surface area contributed by atoms with Crippen molar-refractivity contribution in [2.24, 2.45) is 0 Å². The summed E-state index contributed by atoms with van der Waals surface area (Å²) in [7, 11) is 0. The Morgan fingerprint density at radius 3 is 2.37 bits per heavy atom. The lowest BCUT2D eigenvalue weighted by Gasteiger charge is -2.31. The predicted molar refractivity (Wildman–Crippen MR) is 112 cm³/mol. The lowest BCUT2D eigenvalue weighted by molar-refractivity contribution is -0.141. The summed E-state index contributed by atoms with van der Waals surface area (Å²) in [6.07, 6.45) is 1.68. The number of benzene rings is 2. The van der Waals surface area contributed by atoms with Crippen LogP contribution in [0.2, 0.25) is 0 Å². The number of nitrogens with zero attached hydrogens (tertiary/aromatic N) is 1. The smallest absolute Gasteiger partial charge is 0.243 e. The molecule has 144 valence electrons. The maximum absolute atomic E-state index is 12.9. The van der Waals surface area contributed by atoms with Crippen LogP contribution in [-0.2, 0) is 22.6 Å². The molecule has 1 N–H and O–H groups in total. The largest absolute Gasteiger partial charge is 0.355 e. The van der Waals surface area contributed by atoms with E-state index in [4.69, 9.17) is 0 Å². The first-order valence-corrected chi connectivity index (χ1v) is 10.2. The predicted octanol–water partition coefficient (Wildman–Crippen LogP) is 4.33. The summed E-state index contributed by atoms with van der Waals surface area (Å²) in [6.45, 7) is 4.82. The number of carbonyl (C=O) groups is 2. The van der Waals surface area contributed by atoms with Crippen LogP contribution < -0.4 is 5.32 Å². The van der Waals surface area contributed by atoms with E-state index in [-0.39, 0.29) is 11.8 Å². The summed E-state index contributed by atoms with van der Waals surface area (Å²) in [5.74, 6) is -0.106. The molecule has 0 heterocycles. The van der Waals surface area contributed by atoms with Crippen LogP contribution in [0, 0.1) is 0 Å². The monoisotopic (exact) mass is 430 g/mol. The maximum Gasteiger partial charge on any atom is 0.243 e. The number of nitrogens with one attached hydrogen (secondary N) is 1. The molecule has 0 aromatic heterocycles. The number of rotatable bonds is 9. The van der Waals surface area contributed by atoms with Crippen LogP contribution in [-0.4, -0.2) is 29.3 Å². The summed E-state index contributed by atoms with van der Waals surface area (Å²) < 4.78 is 0.959. The second kappa shape index (κ2) is 10.9. The highest BCUT2D eigenvalue weighted by atomic mass is 79.9. The molecule has 0 fully saturated rings. The van der Waals surface area contributed by atoms with Crippen LogP contribution in [0.3, 0.4) is 0 Å². The molecule has 4 nitrogen and oxygen atoms in total. The zero-order chi connectivity index (χ0) is 19.6. The Morgan fingerprint density at radius 2 is 1.74 bits per heavy atom. The molecular formula is C22H27BrN2O2. The molecular weight excluding hydrogens is 404 g/mol. The number of carbonyl (C=O) groups excluding carboxylic acids is 2. The van der Waals surface area contributed by atoms with Gasteiger partial charge in [0.2, 0.25) is 11.8 Å². The summed E-state index contributed by atoms with van der Waals surface area (Å²) in [5, 5.41) is 2.90. The minimum absolute atomic E-state index is 0.00431. The molecule has 2 aromatic rings. The highest BCUT2D eigenvalue weighted by Crippen LogP contribution is 2.18. The van der Waals surface area contributed by atoms with E-state index in [1.807, 2.05) is 68.4 Å². The molecule has 1 unspecified atom stereocenters. The van der Waals surface area contributed by atoms with E-state index in [0.29, 0.717) is 25.9 Å². The molecule has 0 bridgehead atoms. The Balaban J connectivity index is 2.34. The van der Waals surface area contributed by atoms with Gasteiger partial charge in [0, 0.05) is 30.4 Å².